The van der Waals surface area contributed by atoms with Gasteiger partial charge in [0.25, 0.3) is 0 Å². The van der Waals surface area contributed by atoms with E-state index in [9.17, 15) is 9.46 Å². The first kappa shape index (κ1) is 31.9. The normalized spacial score (nSPS) is 15.3. The lowest BCUT2D eigenvalue weighted by Crippen LogP contribution is -2.44. The van der Waals surface area contributed by atoms with Crippen LogP contribution >= 0.6 is 7.60 Å². The second-order valence-corrected chi connectivity index (χ2v) is 12.4. The summed E-state index contributed by atoms with van der Waals surface area (Å²) in [6.45, 7) is 4.63. The van der Waals surface area contributed by atoms with Crippen LogP contribution in [0, 0.1) is 0 Å². The van der Waals surface area contributed by atoms with Crippen LogP contribution in [-0.2, 0) is 9.09 Å². The Morgan fingerprint density at radius 3 is 1.53 bits per heavy atom. The van der Waals surface area contributed by atoms with E-state index in [-0.39, 0.29) is 5.78 Å². The molecule has 1 N–H and O–H groups in total. The van der Waals surface area contributed by atoms with Crippen molar-refractivity contribution >= 4 is 7.60 Å². The molecule has 5 heteroatoms. The molecule has 0 aliphatic rings. The fraction of sp³-hybridized carbons (Fsp3) is 0.926. The first-order chi connectivity index (χ1) is 15.3. The molecule has 2 atom stereocenters. The van der Waals surface area contributed by atoms with Gasteiger partial charge in [0.05, 0.1) is 27.7 Å². The van der Waals surface area contributed by atoms with Crippen molar-refractivity contribution in [3.63, 3.8) is 0 Å². The molecule has 0 saturated heterocycles. The maximum absolute atomic E-state index is 12.5. The van der Waals surface area contributed by atoms with Gasteiger partial charge in [0, 0.05) is 6.42 Å². The molecule has 32 heavy (non-hydrogen) atoms. The lowest BCUT2D eigenvalue weighted by molar-refractivity contribution is -0.883. The average molecular weight is 475 g/mol. The van der Waals surface area contributed by atoms with E-state index in [1.165, 1.54) is 96.3 Å². The lowest BCUT2D eigenvalue weighted by Gasteiger charge is -2.35. The zero-order chi connectivity index (χ0) is 24.1. The minimum Gasteiger partial charge on any atom is -0.320 e. The first-order valence-corrected chi connectivity index (χ1v) is 15.3. The number of unbranched alkanes of at least 4 members (excludes halogenated alkanes) is 15. The van der Waals surface area contributed by atoms with Crippen molar-refractivity contribution in [3.05, 3.63) is 12.2 Å². The maximum atomic E-state index is 12.5. The number of hydrogen-bond acceptors (Lipinski definition) is 2. The molecule has 0 aromatic carbocycles. The van der Waals surface area contributed by atoms with Crippen molar-refractivity contribution in [3.8, 4) is 0 Å². The van der Waals surface area contributed by atoms with Gasteiger partial charge < -0.3 is 13.9 Å². The summed E-state index contributed by atoms with van der Waals surface area (Å²) < 4.78 is 18.4. The van der Waals surface area contributed by atoms with Crippen LogP contribution in [0.2, 0.25) is 0 Å². The van der Waals surface area contributed by atoms with Crippen molar-refractivity contribution in [1.29, 1.82) is 0 Å². The van der Waals surface area contributed by atoms with Gasteiger partial charge in [0.1, 0.15) is 0 Å². The van der Waals surface area contributed by atoms with Crippen LogP contribution in [-0.4, -0.2) is 42.9 Å². The first-order valence-electron chi connectivity index (χ1n) is 13.7. The Bertz CT molecular complexity index is 488. The second kappa shape index (κ2) is 20.2. The lowest BCUT2D eigenvalue weighted by atomic mass is 10.1. The van der Waals surface area contributed by atoms with E-state index >= 15 is 0 Å². The van der Waals surface area contributed by atoms with Crippen molar-refractivity contribution in [2.45, 2.75) is 135 Å². The summed E-state index contributed by atoms with van der Waals surface area (Å²) in [6.07, 6.45) is 27.4. The van der Waals surface area contributed by atoms with E-state index in [2.05, 4.69) is 19.1 Å². The molecule has 0 heterocycles. The van der Waals surface area contributed by atoms with Crippen LogP contribution in [0.4, 0.5) is 0 Å². The number of nitrogens with zero attached hydrogens (tertiary/aromatic N) is 1. The maximum Gasteiger partial charge on any atom is 0.385 e. The minimum atomic E-state index is -3.55. The SMILES string of the molecule is CCCCCCC/C=C\CCCCCCCCCCCCOP(=O)(O)C(CC)[N+](C)(C)C. The Morgan fingerprint density at radius 2 is 1.12 bits per heavy atom. The summed E-state index contributed by atoms with van der Waals surface area (Å²) in [5.74, 6) is -0.348. The van der Waals surface area contributed by atoms with Gasteiger partial charge in [0.15, 0.2) is 5.78 Å². The largest absolute Gasteiger partial charge is 0.385 e. The number of rotatable bonds is 23. The third-order valence-electron chi connectivity index (χ3n) is 6.32. The van der Waals surface area contributed by atoms with E-state index in [1.54, 1.807) is 0 Å². The highest BCUT2D eigenvalue weighted by Gasteiger charge is 2.41. The van der Waals surface area contributed by atoms with Crippen molar-refractivity contribution in [1.82, 2.24) is 0 Å². The summed E-state index contributed by atoms with van der Waals surface area (Å²) in [5.41, 5.74) is 0. The molecule has 0 aliphatic carbocycles. The van der Waals surface area contributed by atoms with Crippen LogP contribution in [0.5, 0.6) is 0 Å². The summed E-state index contributed by atoms with van der Waals surface area (Å²) in [5, 5.41) is 0. The number of hydrogen-bond donors (Lipinski definition) is 1. The fourth-order valence-electron chi connectivity index (χ4n) is 4.38. The summed E-state index contributed by atoms with van der Waals surface area (Å²) in [7, 11) is 2.31. The number of allylic oxidation sites excluding steroid dienone is 2. The molecule has 0 saturated carbocycles. The van der Waals surface area contributed by atoms with Crippen LogP contribution in [0.15, 0.2) is 12.2 Å². The highest BCUT2D eigenvalue weighted by atomic mass is 31.2. The van der Waals surface area contributed by atoms with Crippen LogP contribution in [0.25, 0.3) is 0 Å². The van der Waals surface area contributed by atoms with E-state index in [0.29, 0.717) is 17.5 Å². The molecule has 0 aromatic rings. The molecule has 0 radical (unpaired) electrons. The molecule has 192 valence electrons. The van der Waals surface area contributed by atoms with E-state index in [1.807, 2.05) is 28.1 Å². The molecular formula is C27H57NO3P+. The predicted octanol–water partition coefficient (Wildman–Crippen LogP) is 8.84. The molecule has 0 aliphatic heterocycles. The Kier molecular flexibility index (Phi) is 20.1. The average Bonchev–Trinajstić information content (AvgIpc) is 2.71. The fourth-order valence-corrected chi connectivity index (χ4v) is 6.28. The molecule has 0 aromatic heterocycles. The molecule has 0 amide bonds. The summed E-state index contributed by atoms with van der Waals surface area (Å²) in [4.78, 5) is 10.3. The van der Waals surface area contributed by atoms with Gasteiger partial charge in [-0.1, -0.05) is 103 Å². The Morgan fingerprint density at radius 1 is 0.719 bits per heavy atom. The smallest absolute Gasteiger partial charge is 0.320 e. The molecule has 4 nitrogen and oxygen atoms in total. The molecule has 0 bridgehead atoms. The van der Waals surface area contributed by atoms with E-state index in [4.69, 9.17) is 4.52 Å². The van der Waals surface area contributed by atoms with Gasteiger partial charge in [-0.05, 0) is 32.1 Å². The zero-order valence-corrected chi connectivity index (χ0v) is 23.2. The molecule has 0 fully saturated rings. The highest BCUT2D eigenvalue weighted by molar-refractivity contribution is 7.53. The second-order valence-electron chi connectivity index (χ2n) is 10.4. The van der Waals surface area contributed by atoms with E-state index in [0.717, 1.165) is 12.8 Å². The van der Waals surface area contributed by atoms with Crippen molar-refractivity contribution < 1.29 is 18.5 Å². The van der Waals surface area contributed by atoms with Crippen LogP contribution in [0.3, 0.4) is 0 Å². The van der Waals surface area contributed by atoms with Crippen LogP contribution < -0.4 is 0 Å². The van der Waals surface area contributed by atoms with Gasteiger partial charge in [-0.25, -0.2) is 0 Å². The molecule has 0 rings (SSSR count). The monoisotopic (exact) mass is 474 g/mol. The predicted molar refractivity (Wildman–Crippen MR) is 141 cm³/mol. The molecular weight excluding hydrogens is 417 g/mol. The zero-order valence-electron chi connectivity index (χ0n) is 22.3. The quantitative estimate of drug-likeness (QED) is 0.0696. The summed E-state index contributed by atoms with van der Waals surface area (Å²) in [6, 6.07) is 0. The Balaban J connectivity index is 3.44. The third kappa shape index (κ3) is 18.3. The Hall–Kier alpha value is -0.150. The topological polar surface area (TPSA) is 46.5 Å². The summed E-state index contributed by atoms with van der Waals surface area (Å²) >= 11 is 0. The van der Waals surface area contributed by atoms with Crippen molar-refractivity contribution in [2.75, 3.05) is 27.7 Å². The van der Waals surface area contributed by atoms with E-state index < -0.39 is 7.60 Å². The Labute approximate surface area is 201 Å². The van der Waals surface area contributed by atoms with Gasteiger partial charge >= 0.3 is 7.60 Å². The number of quaternary nitrogens is 1. The van der Waals surface area contributed by atoms with Crippen LogP contribution in [0.1, 0.15) is 129 Å². The minimum absolute atomic E-state index is 0.348. The standard InChI is InChI=1S/C27H56NO3P/c1-6-8-9-10-11-12-13-14-15-16-17-18-19-20-21-22-23-24-25-26-31-32(29,30)27(7-2)28(3,4)5/h13-14,27H,6-12,15-26H2,1-5H3/p+1/b14-13-. The van der Waals surface area contributed by atoms with Gasteiger partial charge in [-0.2, -0.15) is 0 Å². The highest BCUT2D eigenvalue weighted by Crippen LogP contribution is 2.51. The van der Waals surface area contributed by atoms with Gasteiger partial charge in [-0.15, -0.1) is 0 Å². The van der Waals surface area contributed by atoms with Gasteiger partial charge in [0.2, 0.25) is 0 Å². The molecule has 2 unspecified atom stereocenters. The van der Waals surface area contributed by atoms with Gasteiger partial charge in [-0.3, -0.25) is 4.57 Å². The van der Waals surface area contributed by atoms with Crippen molar-refractivity contribution in [2.24, 2.45) is 0 Å². The molecule has 0 spiro atoms. The third-order valence-corrected chi connectivity index (χ3v) is 8.68.